The molecule has 280 valence electrons. The number of nitrogens with zero attached hydrogens (tertiary/aromatic N) is 1. The number of cyclic esters (lactones) is 1. The average molecular weight is 716 g/mol. The molecular formula is C41H53N3O8. The van der Waals surface area contributed by atoms with Crippen LogP contribution in [0, 0.1) is 11.3 Å². The second kappa shape index (κ2) is 15.3. The SMILES string of the molecule is CCOC(=O)[C@@]12C[C@H]1/C=C\CCCCC[C@@H]1NC(=O)OCCC(C)(C)C/C=C/c3cc4cc(ccc4cc3OC)[C@]3(OC)C[C@@H](C(=O)N2)N(C3)C1=O. The van der Waals surface area contributed by atoms with Crippen LogP contribution in [0.2, 0.25) is 0 Å². The van der Waals surface area contributed by atoms with Gasteiger partial charge in [-0.15, -0.1) is 0 Å². The summed E-state index contributed by atoms with van der Waals surface area (Å²) in [5.41, 5.74) is -0.715. The van der Waals surface area contributed by atoms with Crippen LogP contribution in [0.1, 0.15) is 89.7 Å². The highest BCUT2D eigenvalue weighted by Crippen LogP contribution is 2.47. The number of methoxy groups -OCH3 is 2. The number of alkyl carbamates (subject to hydrolysis) is 1. The Labute approximate surface area is 306 Å². The van der Waals surface area contributed by atoms with E-state index in [0.717, 1.165) is 53.3 Å². The summed E-state index contributed by atoms with van der Waals surface area (Å²) in [6, 6.07) is 8.19. The summed E-state index contributed by atoms with van der Waals surface area (Å²) < 4.78 is 23.2. The summed E-state index contributed by atoms with van der Waals surface area (Å²) in [7, 11) is 3.24. The fourth-order valence-corrected chi connectivity index (χ4v) is 7.93. The van der Waals surface area contributed by atoms with Gasteiger partial charge in [0, 0.05) is 25.0 Å². The largest absolute Gasteiger partial charge is 0.496 e. The minimum Gasteiger partial charge on any atom is -0.496 e. The first kappa shape index (κ1) is 37.4. The van der Waals surface area contributed by atoms with E-state index in [1.807, 2.05) is 24.3 Å². The number of allylic oxidation sites excluding steroid dienone is 2. The molecule has 2 N–H and O–H groups in total. The van der Waals surface area contributed by atoms with Crippen molar-refractivity contribution in [2.45, 2.75) is 102 Å². The second-order valence-electron chi connectivity index (χ2n) is 15.5. The van der Waals surface area contributed by atoms with Crippen molar-refractivity contribution in [1.29, 1.82) is 0 Å². The zero-order valence-corrected chi connectivity index (χ0v) is 31.1. The Morgan fingerprint density at radius 3 is 2.62 bits per heavy atom. The Morgan fingerprint density at radius 2 is 1.85 bits per heavy atom. The van der Waals surface area contributed by atoms with E-state index in [2.05, 4.69) is 54.8 Å². The van der Waals surface area contributed by atoms with Crippen LogP contribution in [0.15, 0.2) is 48.6 Å². The lowest BCUT2D eigenvalue weighted by atomic mass is 9.85. The van der Waals surface area contributed by atoms with Crippen LogP contribution in [0.5, 0.6) is 5.75 Å². The molecule has 11 nitrogen and oxygen atoms in total. The number of hydrogen-bond acceptors (Lipinski definition) is 8. The van der Waals surface area contributed by atoms with Gasteiger partial charge in [0.25, 0.3) is 0 Å². The van der Waals surface area contributed by atoms with Gasteiger partial charge in [-0.2, -0.15) is 0 Å². The van der Waals surface area contributed by atoms with Gasteiger partial charge >= 0.3 is 12.1 Å². The first-order chi connectivity index (χ1) is 24.9. The third kappa shape index (κ3) is 7.70. The zero-order valence-electron chi connectivity index (χ0n) is 31.1. The molecule has 6 rings (SSSR count). The van der Waals surface area contributed by atoms with Crippen molar-refractivity contribution in [2.24, 2.45) is 11.3 Å². The van der Waals surface area contributed by atoms with Gasteiger partial charge in [0.05, 0.1) is 26.9 Å². The van der Waals surface area contributed by atoms with Crippen molar-refractivity contribution >= 4 is 40.7 Å². The van der Waals surface area contributed by atoms with Crippen LogP contribution in [-0.2, 0) is 34.2 Å². The van der Waals surface area contributed by atoms with E-state index in [0.29, 0.717) is 25.7 Å². The summed E-state index contributed by atoms with van der Waals surface area (Å²) in [6.07, 6.45) is 13.1. The molecule has 1 saturated heterocycles. The maximum absolute atomic E-state index is 14.7. The summed E-state index contributed by atoms with van der Waals surface area (Å²) >= 11 is 0. The molecule has 2 aromatic carbocycles. The van der Waals surface area contributed by atoms with Gasteiger partial charge in [0.2, 0.25) is 11.8 Å². The number of fused-ring (bicyclic) bond motifs is 6. The first-order valence-electron chi connectivity index (χ1n) is 18.7. The van der Waals surface area contributed by atoms with Gasteiger partial charge < -0.3 is 34.5 Å². The van der Waals surface area contributed by atoms with Crippen molar-refractivity contribution in [1.82, 2.24) is 15.5 Å². The molecule has 3 amide bonds. The topological polar surface area (TPSA) is 132 Å². The van der Waals surface area contributed by atoms with Gasteiger partial charge in [-0.3, -0.25) is 9.59 Å². The molecule has 52 heavy (non-hydrogen) atoms. The van der Waals surface area contributed by atoms with Crippen LogP contribution in [0.4, 0.5) is 4.79 Å². The highest BCUT2D eigenvalue weighted by molar-refractivity contribution is 5.97. The Morgan fingerprint density at radius 1 is 1.02 bits per heavy atom. The molecule has 1 aliphatic carbocycles. The Balaban J connectivity index is 1.45. The monoisotopic (exact) mass is 715 g/mol. The first-order valence-corrected chi connectivity index (χ1v) is 18.7. The van der Waals surface area contributed by atoms with Crippen LogP contribution in [-0.4, -0.2) is 80.4 Å². The van der Waals surface area contributed by atoms with E-state index >= 15 is 0 Å². The van der Waals surface area contributed by atoms with Crippen molar-refractivity contribution in [2.75, 3.05) is 34.0 Å². The van der Waals surface area contributed by atoms with Gasteiger partial charge in [0.15, 0.2) is 0 Å². The molecule has 1 saturated carbocycles. The van der Waals surface area contributed by atoms with E-state index in [1.54, 1.807) is 21.1 Å². The number of esters is 1. The predicted molar refractivity (Wildman–Crippen MR) is 197 cm³/mol. The number of benzene rings is 2. The minimum atomic E-state index is -1.21. The highest BCUT2D eigenvalue weighted by Gasteiger charge is 2.63. The van der Waals surface area contributed by atoms with Gasteiger partial charge in [-0.05, 0) is 85.4 Å². The van der Waals surface area contributed by atoms with E-state index in [-0.39, 0.29) is 37.5 Å². The number of carbonyl (C=O) groups excluding carboxylic acids is 4. The molecule has 0 unspecified atom stereocenters. The fraction of sp³-hybridized carbons (Fsp3) is 0.561. The number of nitrogens with one attached hydrogen (secondary N) is 2. The summed E-state index contributed by atoms with van der Waals surface area (Å²) in [5.74, 6) is -0.804. The van der Waals surface area contributed by atoms with Crippen molar-refractivity contribution in [3.63, 3.8) is 0 Å². The van der Waals surface area contributed by atoms with E-state index in [1.165, 1.54) is 4.90 Å². The molecule has 2 fully saturated rings. The minimum absolute atomic E-state index is 0.0615. The smallest absolute Gasteiger partial charge is 0.407 e. The van der Waals surface area contributed by atoms with Crippen LogP contribution in [0.3, 0.4) is 0 Å². The van der Waals surface area contributed by atoms with Gasteiger partial charge in [-0.25, -0.2) is 9.59 Å². The highest BCUT2D eigenvalue weighted by atomic mass is 16.5. The van der Waals surface area contributed by atoms with Crippen LogP contribution >= 0.6 is 0 Å². The van der Waals surface area contributed by atoms with Crippen molar-refractivity contribution in [3.05, 3.63) is 59.7 Å². The van der Waals surface area contributed by atoms with E-state index in [4.69, 9.17) is 18.9 Å². The number of hydrogen-bond donors (Lipinski definition) is 2. The number of rotatable bonds is 4. The molecular weight excluding hydrogens is 662 g/mol. The van der Waals surface area contributed by atoms with Gasteiger partial charge in [0.1, 0.15) is 29.0 Å². The lowest BCUT2D eigenvalue weighted by Gasteiger charge is -2.31. The Kier molecular flexibility index (Phi) is 11.0. The standard InChI is InChI=1S/C41H53N3O8/c1-6-51-37(47)41-24-31(41)14-10-8-7-9-11-15-32-36(46)44-26-40(50-5,25-33(44)35(45)43-41)30-17-16-27-23-34(49-4)28(21-29(27)22-30)13-12-18-39(2,3)19-20-52-38(48)42-32/h10,12-14,16-17,21-23,31-33H,6-9,11,15,18-20,24-26H2,1-5H3,(H,42,48)(H,43,45)/b13-12+,14-10-/t31-,32+,33+,40+,41-/m1/s1. The maximum atomic E-state index is 14.7. The third-order valence-electron chi connectivity index (χ3n) is 11.3. The summed E-state index contributed by atoms with van der Waals surface area (Å²) in [6.45, 7) is 6.41. The lowest BCUT2D eigenvalue weighted by molar-refractivity contribution is -0.150. The summed E-state index contributed by atoms with van der Waals surface area (Å²) in [5, 5.41) is 7.83. The number of ether oxygens (including phenoxy) is 4. The molecule has 3 heterocycles. The van der Waals surface area contributed by atoms with E-state index < -0.39 is 47.1 Å². The predicted octanol–water partition coefficient (Wildman–Crippen LogP) is 6.18. The molecule has 0 aromatic heterocycles. The second-order valence-corrected chi connectivity index (χ2v) is 15.5. The number of carbonyl (C=O) groups is 4. The lowest BCUT2D eigenvalue weighted by Crippen LogP contribution is -2.56. The van der Waals surface area contributed by atoms with Crippen LogP contribution < -0.4 is 15.4 Å². The molecule has 11 heteroatoms. The van der Waals surface area contributed by atoms with E-state index in [9.17, 15) is 19.2 Å². The molecule has 3 aliphatic heterocycles. The molecule has 0 spiro atoms. The molecule has 4 aliphatic rings. The number of amides is 3. The molecule has 2 aromatic rings. The molecule has 5 atom stereocenters. The molecule has 0 radical (unpaired) electrons. The summed E-state index contributed by atoms with van der Waals surface area (Å²) in [4.78, 5) is 57.3. The Hall–Kier alpha value is -4.38. The molecule has 6 bridgehead atoms. The fourth-order valence-electron chi connectivity index (χ4n) is 7.93. The van der Waals surface area contributed by atoms with Crippen molar-refractivity contribution in [3.8, 4) is 5.75 Å². The quantitative estimate of drug-likeness (QED) is 0.284. The average Bonchev–Trinajstić information content (AvgIpc) is 3.66. The maximum Gasteiger partial charge on any atom is 0.407 e. The zero-order chi connectivity index (χ0) is 37.1. The van der Waals surface area contributed by atoms with Gasteiger partial charge in [-0.1, -0.05) is 63.1 Å². The van der Waals surface area contributed by atoms with Crippen molar-refractivity contribution < 1.29 is 38.1 Å². The Bertz CT molecular complexity index is 1750. The third-order valence-corrected chi connectivity index (χ3v) is 11.3. The normalized spacial score (nSPS) is 30.8. The van der Waals surface area contributed by atoms with Crippen LogP contribution in [0.25, 0.3) is 16.8 Å².